The molecule has 0 radical (unpaired) electrons. The molecule has 6 nitrogen and oxygen atoms in total. The van der Waals surface area contributed by atoms with Crippen molar-refractivity contribution in [3.8, 4) is 0 Å². The van der Waals surface area contributed by atoms with Gasteiger partial charge in [0.05, 0.1) is 6.61 Å². The van der Waals surface area contributed by atoms with Crippen LogP contribution in [0, 0.1) is 0 Å². The van der Waals surface area contributed by atoms with Crippen LogP contribution in [0.3, 0.4) is 0 Å². The predicted octanol–water partition coefficient (Wildman–Crippen LogP) is 2.00. The van der Waals surface area contributed by atoms with E-state index in [1.54, 1.807) is 6.92 Å². The lowest BCUT2D eigenvalue weighted by molar-refractivity contribution is -0.158. The molecule has 0 aliphatic heterocycles. The summed E-state index contributed by atoms with van der Waals surface area (Å²) in [4.78, 5) is 20.2. The lowest BCUT2D eigenvalue weighted by Gasteiger charge is -2.17. The van der Waals surface area contributed by atoms with Crippen LogP contribution >= 0.6 is 7.82 Å². The van der Waals surface area contributed by atoms with Crippen LogP contribution in [0.1, 0.15) is 27.2 Å². The van der Waals surface area contributed by atoms with Crippen LogP contribution in [0.25, 0.3) is 0 Å². The van der Waals surface area contributed by atoms with E-state index in [0.717, 1.165) is 0 Å². The molecular formula is C9H17O6P. The molecule has 94 valence electrons. The molecule has 0 heterocycles. The third kappa shape index (κ3) is 6.74. The van der Waals surface area contributed by atoms with E-state index >= 15 is 0 Å². The lowest BCUT2D eigenvalue weighted by atomic mass is 10.4. The Morgan fingerprint density at radius 3 is 2.56 bits per heavy atom. The Morgan fingerprint density at radius 2 is 2.12 bits per heavy atom. The van der Waals surface area contributed by atoms with E-state index in [9.17, 15) is 9.36 Å². The fourth-order valence-corrected chi connectivity index (χ4v) is 1.59. The monoisotopic (exact) mass is 252 g/mol. The molecule has 0 saturated heterocycles. The van der Waals surface area contributed by atoms with Crippen molar-refractivity contribution in [1.29, 1.82) is 0 Å². The highest BCUT2D eigenvalue weighted by Gasteiger charge is 2.26. The van der Waals surface area contributed by atoms with Crippen molar-refractivity contribution in [2.45, 2.75) is 33.5 Å². The molecule has 0 bridgehead atoms. The van der Waals surface area contributed by atoms with Crippen LogP contribution in [0.4, 0.5) is 0 Å². The maximum Gasteiger partial charge on any atom is 0.475 e. The Labute approximate surface area is 94.8 Å². The zero-order valence-corrected chi connectivity index (χ0v) is 10.5. The molecule has 0 aromatic heterocycles. The van der Waals surface area contributed by atoms with E-state index < -0.39 is 20.1 Å². The van der Waals surface area contributed by atoms with Crippen molar-refractivity contribution >= 4 is 13.8 Å². The fraction of sp³-hybridized carbons (Fsp3) is 0.667. The van der Waals surface area contributed by atoms with Gasteiger partial charge in [0.15, 0.2) is 0 Å². The summed E-state index contributed by atoms with van der Waals surface area (Å²) >= 11 is 0. The maximum atomic E-state index is 11.2. The molecule has 7 heteroatoms. The Morgan fingerprint density at radius 1 is 1.56 bits per heavy atom. The average Bonchev–Trinajstić information content (AvgIpc) is 2.13. The Kier molecular flexibility index (Phi) is 6.52. The standard InChI is InChI=1S/C9H17O6P/c1-5-6-13-16(11,12)15-8(4)14-9(10)7(2)3/h8H,2,5-6H2,1,3-4H3,(H,11,12). The molecule has 16 heavy (non-hydrogen) atoms. The molecule has 0 aromatic rings. The van der Waals surface area contributed by atoms with Gasteiger partial charge in [-0.25, -0.2) is 13.9 Å². The highest BCUT2D eigenvalue weighted by molar-refractivity contribution is 7.47. The van der Waals surface area contributed by atoms with Crippen LogP contribution in [0.15, 0.2) is 12.2 Å². The zero-order chi connectivity index (χ0) is 12.8. The van der Waals surface area contributed by atoms with Gasteiger partial charge >= 0.3 is 13.8 Å². The number of hydrogen-bond donors (Lipinski definition) is 1. The number of rotatable bonds is 7. The summed E-state index contributed by atoms with van der Waals surface area (Å²) in [6, 6.07) is 0. The molecular weight excluding hydrogens is 235 g/mol. The smallest absolute Gasteiger partial charge is 0.432 e. The van der Waals surface area contributed by atoms with Gasteiger partial charge in [0.25, 0.3) is 0 Å². The van der Waals surface area contributed by atoms with Crippen molar-refractivity contribution in [3.05, 3.63) is 12.2 Å². The first-order valence-corrected chi connectivity index (χ1v) is 6.30. The highest BCUT2D eigenvalue weighted by Crippen LogP contribution is 2.44. The van der Waals surface area contributed by atoms with Gasteiger partial charge in [-0.15, -0.1) is 0 Å². The number of carbonyl (C=O) groups excluding carboxylic acids is 1. The Balaban J connectivity index is 4.12. The molecule has 0 spiro atoms. The van der Waals surface area contributed by atoms with E-state index in [2.05, 4.69) is 20.4 Å². The number of phosphoric acid groups is 1. The third-order valence-corrected chi connectivity index (χ3v) is 2.43. The second-order valence-corrected chi connectivity index (χ2v) is 4.57. The van der Waals surface area contributed by atoms with Gasteiger partial charge in [0.1, 0.15) is 0 Å². The van der Waals surface area contributed by atoms with E-state index in [4.69, 9.17) is 4.89 Å². The van der Waals surface area contributed by atoms with Gasteiger partial charge in [-0.1, -0.05) is 13.5 Å². The molecule has 0 aliphatic rings. The SMILES string of the molecule is C=C(C)C(=O)OC(C)OP(=O)(O)OCCC. The first kappa shape index (κ1) is 15.3. The molecule has 0 saturated carbocycles. The molecule has 0 aromatic carbocycles. The summed E-state index contributed by atoms with van der Waals surface area (Å²) in [5.74, 6) is -0.692. The molecule has 0 aliphatic carbocycles. The van der Waals surface area contributed by atoms with Crippen molar-refractivity contribution in [1.82, 2.24) is 0 Å². The number of ether oxygens (including phenoxy) is 1. The zero-order valence-electron chi connectivity index (χ0n) is 9.63. The van der Waals surface area contributed by atoms with Crippen molar-refractivity contribution in [2.75, 3.05) is 6.61 Å². The van der Waals surface area contributed by atoms with E-state index in [-0.39, 0.29) is 12.2 Å². The lowest BCUT2D eigenvalue weighted by Crippen LogP contribution is -2.18. The third-order valence-electron chi connectivity index (χ3n) is 1.36. The molecule has 2 unspecified atom stereocenters. The van der Waals surface area contributed by atoms with Gasteiger partial charge in [-0.3, -0.25) is 4.52 Å². The Hall–Kier alpha value is -0.680. The second kappa shape index (κ2) is 6.81. The van der Waals surface area contributed by atoms with Crippen molar-refractivity contribution in [2.24, 2.45) is 0 Å². The van der Waals surface area contributed by atoms with Crippen LogP contribution in [0.2, 0.25) is 0 Å². The summed E-state index contributed by atoms with van der Waals surface area (Å²) in [6.07, 6.45) is -0.592. The minimum Gasteiger partial charge on any atom is -0.432 e. The van der Waals surface area contributed by atoms with Crippen LogP contribution in [-0.2, 0) is 23.1 Å². The molecule has 1 N–H and O–H groups in total. The van der Waals surface area contributed by atoms with Crippen molar-refractivity contribution in [3.63, 3.8) is 0 Å². The first-order valence-electron chi connectivity index (χ1n) is 4.80. The predicted molar refractivity (Wildman–Crippen MR) is 57.5 cm³/mol. The van der Waals surface area contributed by atoms with Crippen LogP contribution < -0.4 is 0 Å². The van der Waals surface area contributed by atoms with Crippen LogP contribution in [0.5, 0.6) is 0 Å². The summed E-state index contributed by atoms with van der Waals surface area (Å²) in [5.41, 5.74) is 0.178. The molecule has 0 amide bonds. The first-order chi connectivity index (χ1) is 7.28. The average molecular weight is 252 g/mol. The number of esters is 1. The number of carbonyl (C=O) groups is 1. The molecule has 0 fully saturated rings. The summed E-state index contributed by atoms with van der Waals surface area (Å²) < 4.78 is 25.0. The largest absolute Gasteiger partial charge is 0.475 e. The highest BCUT2D eigenvalue weighted by atomic mass is 31.2. The maximum absolute atomic E-state index is 11.2. The van der Waals surface area contributed by atoms with Gasteiger partial charge in [0, 0.05) is 5.57 Å². The quantitative estimate of drug-likeness (QED) is 0.323. The Bertz CT molecular complexity index is 300. The van der Waals surface area contributed by atoms with E-state index in [1.165, 1.54) is 13.8 Å². The van der Waals surface area contributed by atoms with Gasteiger partial charge in [-0.05, 0) is 20.3 Å². The minimum absolute atomic E-state index is 0.0922. The van der Waals surface area contributed by atoms with Crippen molar-refractivity contribution < 1.29 is 28.0 Å². The summed E-state index contributed by atoms with van der Waals surface area (Å²) in [5, 5.41) is 0. The van der Waals surface area contributed by atoms with E-state index in [1.807, 2.05) is 0 Å². The summed E-state index contributed by atoms with van der Waals surface area (Å²) in [7, 11) is -4.16. The normalized spacial score (nSPS) is 16.2. The minimum atomic E-state index is -4.16. The molecule has 0 rings (SSSR count). The number of phosphoric ester groups is 1. The van der Waals surface area contributed by atoms with Crippen LogP contribution in [-0.4, -0.2) is 23.8 Å². The van der Waals surface area contributed by atoms with Gasteiger partial charge < -0.3 is 9.63 Å². The second-order valence-electron chi connectivity index (χ2n) is 3.16. The number of hydrogen-bond acceptors (Lipinski definition) is 5. The topological polar surface area (TPSA) is 82.1 Å². The summed E-state index contributed by atoms with van der Waals surface area (Å²) in [6.45, 7) is 8.01. The van der Waals surface area contributed by atoms with Gasteiger partial charge in [-0.2, -0.15) is 0 Å². The molecule has 2 atom stereocenters. The van der Waals surface area contributed by atoms with Gasteiger partial charge in [0.2, 0.25) is 6.29 Å². The fourth-order valence-electron chi connectivity index (χ4n) is 0.698. The van der Waals surface area contributed by atoms with E-state index in [0.29, 0.717) is 6.42 Å².